The highest BCUT2D eigenvalue weighted by atomic mass is 35.5. The van der Waals surface area contributed by atoms with E-state index in [1.165, 1.54) is 11.1 Å². The van der Waals surface area contributed by atoms with Crippen LogP contribution in [0.2, 0.25) is 5.02 Å². The molecular weight excluding hydrogens is 270 g/mol. The molecule has 2 N–H and O–H groups in total. The van der Waals surface area contributed by atoms with E-state index in [0.29, 0.717) is 11.8 Å². The van der Waals surface area contributed by atoms with E-state index in [4.69, 9.17) is 22.1 Å². The minimum Gasteiger partial charge on any atom is -0.496 e. The highest BCUT2D eigenvalue weighted by molar-refractivity contribution is 6.30. The first-order chi connectivity index (χ1) is 9.36. The zero-order chi connectivity index (χ0) is 15.3. The third-order valence-electron chi connectivity index (χ3n) is 3.83. The smallest absolute Gasteiger partial charge is 0.125 e. The van der Waals surface area contributed by atoms with Gasteiger partial charge in [-0.25, -0.2) is 0 Å². The van der Waals surface area contributed by atoms with Gasteiger partial charge in [0.2, 0.25) is 0 Å². The predicted octanol–water partition coefficient (Wildman–Crippen LogP) is 4.78. The number of nitrogens with two attached hydrogens (primary N) is 1. The van der Waals surface area contributed by atoms with Crippen molar-refractivity contribution >= 4 is 11.6 Å². The predicted molar refractivity (Wildman–Crippen MR) is 87.8 cm³/mol. The molecule has 3 heteroatoms. The van der Waals surface area contributed by atoms with Crippen molar-refractivity contribution in [2.75, 3.05) is 7.11 Å². The maximum absolute atomic E-state index is 6.23. The van der Waals surface area contributed by atoms with Crippen LogP contribution in [0.15, 0.2) is 12.1 Å². The molecule has 0 saturated heterocycles. The van der Waals surface area contributed by atoms with Crippen molar-refractivity contribution in [2.24, 2.45) is 11.7 Å². The quantitative estimate of drug-likeness (QED) is 0.786. The standard InChI is InChI=1S/C17H28ClNO/c1-11(2)15-10-14(18)9-13(17(15)20-5)7-6-8-16(19)12(3)4/h9-12,16H,6-8,19H2,1-5H3. The van der Waals surface area contributed by atoms with Crippen LogP contribution in [0.1, 0.15) is 57.6 Å². The lowest BCUT2D eigenvalue weighted by molar-refractivity contribution is 0.399. The molecule has 0 saturated carbocycles. The first-order valence-corrected chi connectivity index (χ1v) is 7.86. The maximum Gasteiger partial charge on any atom is 0.125 e. The van der Waals surface area contributed by atoms with Gasteiger partial charge in [-0.15, -0.1) is 0 Å². The van der Waals surface area contributed by atoms with Gasteiger partial charge in [0.05, 0.1) is 7.11 Å². The Morgan fingerprint density at radius 3 is 2.35 bits per heavy atom. The van der Waals surface area contributed by atoms with Gasteiger partial charge in [-0.2, -0.15) is 0 Å². The summed E-state index contributed by atoms with van der Waals surface area (Å²) in [6, 6.07) is 4.30. The fourth-order valence-corrected chi connectivity index (χ4v) is 2.65. The van der Waals surface area contributed by atoms with Crippen molar-refractivity contribution in [3.8, 4) is 5.75 Å². The SMILES string of the molecule is COc1c(CCCC(N)C(C)C)cc(Cl)cc1C(C)C. The van der Waals surface area contributed by atoms with Crippen molar-refractivity contribution in [1.29, 1.82) is 0 Å². The number of halogens is 1. The molecule has 0 bridgehead atoms. The summed E-state index contributed by atoms with van der Waals surface area (Å²) >= 11 is 6.23. The first kappa shape index (κ1) is 17.3. The second-order valence-corrected chi connectivity index (χ2v) is 6.58. The van der Waals surface area contributed by atoms with E-state index in [1.807, 2.05) is 12.1 Å². The normalized spacial score (nSPS) is 13.1. The summed E-state index contributed by atoms with van der Waals surface area (Å²) in [7, 11) is 1.73. The number of rotatable bonds is 7. The fourth-order valence-electron chi connectivity index (χ4n) is 2.40. The van der Waals surface area contributed by atoms with Crippen molar-refractivity contribution in [3.63, 3.8) is 0 Å². The minimum atomic E-state index is 0.268. The van der Waals surface area contributed by atoms with E-state index in [9.17, 15) is 0 Å². The number of hydrogen-bond acceptors (Lipinski definition) is 2. The fraction of sp³-hybridized carbons (Fsp3) is 0.647. The zero-order valence-corrected chi connectivity index (χ0v) is 14.1. The number of ether oxygens (including phenoxy) is 1. The van der Waals surface area contributed by atoms with E-state index >= 15 is 0 Å². The third kappa shape index (κ3) is 4.68. The Hall–Kier alpha value is -0.730. The Morgan fingerprint density at radius 2 is 1.85 bits per heavy atom. The van der Waals surface area contributed by atoms with Gasteiger partial charge >= 0.3 is 0 Å². The van der Waals surface area contributed by atoms with Gasteiger partial charge in [-0.05, 0) is 54.4 Å². The lowest BCUT2D eigenvalue weighted by Gasteiger charge is -2.18. The molecule has 0 heterocycles. The minimum absolute atomic E-state index is 0.268. The lowest BCUT2D eigenvalue weighted by Crippen LogP contribution is -2.26. The molecule has 0 radical (unpaired) electrons. The molecule has 114 valence electrons. The Labute approximate surface area is 128 Å². The second-order valence-electron chi connectivity index (χ2n) is 6.14. The highest BCUT2D eigenvalue weighted by Crippen LogP contribution is 2.34. The molecule has 0 aliphatic carbocycles. The van der Waals surface area contributed by atoms with E-state index in [2.05, 4.69) is 27.7 Å². The number of benzene rings is 1. The molecule has 0 fully saturated rings. The van der Waals surface area contributed by atoms with Gasteiger partial charge in [0, 0.05) is 11.1 Å². The van der Waals surface area contributed by atoms with Crippen molar-refractivity contribution in [2.45, 2.75) is 58.9 Å². The van der Waals surface area contributed by atoms with Gasteiger partial charge in [-0.1, -0.05) is 39.3 Å². The van der Waals surface area contributed by atoms with E-state index in [0.717, 1.165) is 30.0 Å². The van der Waals surface area contributed by atoms with E-state index < -0.39 is 0 Å². The molecule has 20 heavy (non-hydrogen) atoms. The molecule has 0 spiro atoms. The molecule has 0 aromatic heterocycles. The van der Waals surface area contributed by atoms with Gasteiger partial charge in [-0.3, -0.25) is 0 Å². The van der Waals surface area contributed by atoms with Gasteiger partial charge in [0.15, 0.2) is 0 Å². The van der Waals surface area contributed by atoms with Crippen LogP contribution in [-0.2, 0) is 6.42 Å². The second kappa shape index (κ2) is 7.90. The summed E-state index contributed by atoms with van der Waals surface area (Å²) in [6.45, 7) is 8.66. The van der Waals surface area contributed by atoms with Gasteiger partial charge in [0.25, 0.3) is 0 Å². The first-order valence-electron chi connectivity index (χ1n) is 7.48. The largest absolute Gasteiger partial charge is 0.496 e. The molecule has 0 amide bonds. The molecule has 1 rings (SSSR count). The number of methoxy groups -OCH3 is 1. The Bertz CT molecular complexity index is 429. The van der Waals surface area contributed by atoms with E-state index in [-0.39, 0.29) is 6.04 Å². The maximum atomic E-state index is 6.23. The Balaban J connectivity index is 2.83. The average Bonchev–Trinajstić information content (AvgIpc) is 2.37. The van der Waals surface area contributed by atoms with Gasteiger partial charge < -0.3 is 10.5 Å². The summed E-state index contributed by atoms with van der Waals surface area (Å²) < 4.78 is 5.61. The highest BCUT2D eigenvalue weighted by Gasteiger charge is 2.14. The molecule has 0 aliphatic rings. The lowest BCUT2D eigenvalue weighted by atomic mass is 9.94. The van der Waals surface area contributed by atoms with Crippen LogP contribution in [0.25, 0.3) is 0 Å². The molecule has 1 unspecified atom stereocenters. The Kier molecular flexibility index (Phi) is 6.84. The molecule has 1 aromatic rings. The van der Waals surface area contributed by atoms with Crippen LogP contribution in [-0.4, -0.2) is 13.2 Å². The van der Waals surface area contributed by atoms with Crippen molar-refractivity contribution in [3.05, 3.63) is 28.3 Å². The molecule has 2 nitrogen and oxygen atoms in total. The van der Waals surface area contributed by atoms with E-state index in [1.54, 1.807) is 7.11 Å². The van der Waals surface area contributed by atoms with Crippen molar-refractivity contribution < 1.29 is 4.74 Å². The molecule has 1 atom stereocenters. The summed E-state index contributed by atoms with van der Waals surface area (Å²) in [5.41, 5.74) is 8.48. The molecule has 0 aliphatic heterocycles. The number of aryl methyl sites for hydroxylation is 1. The third-order valence-corrected chi connectivity index (χ3v) is 4.04. The summed E-state index contributed by atoms with van der Waals surface area (Å²) in [4.78, 5) is 0. The van der Waals surface area contributed by atoms with Crippen LogP contribution in [0.5, 0.6) is 5.75 Å². The summed E-state index contributed by atoms with van der Waals surface area (Å²) in [5.74, 6) is 1.92. The van der Waals surface area contributed by atoms with Crippen LogP contribution >= 0.6 is 11.6 Å². The zero-order valence-electron chi connectivity index (χ0n) is 13.4. The molecule has 1 aromatic carbocycles. The van der Waals surface area contributed by atoms with Gasteiger partial charge in [0.1, 0.15) is 5.75 Å². The van der Waals surface area contributed by atoms with Crippen LogP contribution < -0.4 is 10.5 Å². The van der Waals surface area contributed by atoms with Crippen molar-refractivity contribution in [1.82, 2.24) is 0 Å². The monoisotopic (exact) mass is 297 g/mol. The summed E-state index contributed by atoms with van der Waals surface area (Å²) in [5, 5.41) is 0.789. The average molecular weight is 298 g/mol. The topological polar surface area (TPSA) is 35.2 Å². The molecular formula is C17H28ClNO. The number of hydrogen-bond donors (Lipinski definition) is 1. The van der Waals surface area contributed by atoms with Crippen LogP contribution in [0.3, 0.4) is 0 Å². The summed E-state index contributed by atoms with van der Waals surface area (Å²) in [6.07, 6.45) is 3.06. The Morgan fingerprint density at radius 1 is 1.20 bits per heavy atom. The van der Waals surface area contributed by atoms with Crippen LogP contribution in [0, 0.1) is 5.92 Å². The van der Waals surface area contributed by atoms with Crippen LogP contribution in [0.4, 0.5) is 0 Å².